The molecule has 0 fully saturated rings. The molecule has 3 aromatic rings. The van der Waals surface area contributed by atoms with Gasteiger partial charge in [0, 0.05) is 19.3 Å². The fourth-order valence-electron chi connectivity index (χ4n) is 3.03. The fourth-order valence-corrected chi connectivity index (χ4v) is 3.89. The molecular formula is C21H22N6O3S. The standard InChI is InChI=1S/C21H22N6O3S/c1-12(2)10-27-18-17(20(29)26(4)21(27)30)19(24-13(3)23-18)31-11-16(28)25-15-7-5-14(9-22)6-8-15/h5-8,12H,10-11H2,1-4H3,(H,25,28). The average Bonchev–Trinajstić information content (AvgIpc) is 2.73. The lowest BCUT2D eigenvalue weighted by Crippen LogP contribution is -2.39. The molecule has 0 radical (unpaired) electrons. The van der Waals surface area contributed by atoms with Gasteiger partial charge in [0.05, 0.1) is 17.4 Å². The molecule has 0 spiro atoms. The van der Waals surface area contributed by atoms with Crippen LogP contribution in [-0.2, 0) is 18.4 Å². The maximum Gasteiger partial charge on any atom is 0.332 e. The fraction of sp³-hybridized carbons (Fsp3) is 0.333. The van der Waals surface area contributed by atoms with Gasteiger partial charge in [-0.25, -0.2) is 14.8 Å². The Labute approximate surface area is 182 Å². The van der Waals surface area contributed by atoms with E-state index in [2.05, 4.69) is 15.3 Å². The smallest absolute Gasteiger partial charge is 0.325 e. The number of carbonyl (C=O) groups excluding carboxylic acids is 1. The molecule has 1 aromatic carbocycles. The van der Waals surface area contributed by atoms with Gasteiger partial charge in [-0.15, -0.1) is 0 Å². The van der Waals surface area contributed by atoms with Gasteiger partial charge in [0.15, 0.2) is 5.65 Å². The van der Waals surface area contributed by atoms with Crippen LogP contribution < -0.4 is 16.6 Å². The first-order chi connectivity index (χ1) is 14.7. The van der Waals surface area contributed by atoms with E-state index in [0.717, 1.165) is 16.3 Å². The van der Waals surface area contributed by atoms with E-state index in [9.17, 15) is 14.4 Å². The van der Waals surface area contributed by atoms with Gasteiger partial charge in [0.25, 0.3) is 5.56 Å². The molecule has 10 heteroatoms. The number of fused-ring (bicyclic) bond motifs is 1. The van der Waals surface area contributed by atoms with Crippen LogP contribution in [0.25, 0.3) is 11.0 Å². The Morgan fingerprint density at radius 1 is 1.23 bits per heavy atom. The molecule has 0 atom stereocenters. The normalized spacial score (nSPS) is 11.0. The Hall–Kier alpha value is -3.45. The third-order valence-corrected chi connectivity index (χ3v) is 5.42. The van der Waals surface area contributed by atoms with Crippen molar-refractivity contribution in [3.05, 3.63) is 56.5 Å². The van der Waals surface area contributed by atoms with Crippen molar-refractivity contribution in [1.29, 1.82) is 5.26 Å². The number of nitriles is 1. The van der Waals surface area contributed by atoms with Crippen LogP contribution in [0.4, 0.5) is 5.69 Å². The number of anilines is 1. The number of aryl methyl sites for hydroxylation is 1. The molecule has 0 unspecified atom stereocenters. The molecule has 9 nitrogen and oxygen atoms in total. The van der Waals surface area contributed by atoms with Crippen molar-refractivity contribution in [2.75, 3.05) is 11.1 Å². The highest BCUT2D eigenvalue weighted by Crippen LogP contribution is 2.23. The molecule has 1 N–H and O–H groups in total. The number of rotatable bonds is 6. The SMILES string of the molecule is Cc1nc(SCC(=O)Nc2ccc(C#N)cc2)c2c(=O)n(C)c(=O)n(CC(C)C)c2n1. The first-order valence-corrected chi connectivity index (χ1v) is 10.6. The molecule has 0 aliphatic rings. The number of aromatic nitrogens is 4. The van der Waals surface area contributed by atoms with E-state index in [0.29, 0.717) is 28.6 Å². The van der Waals surface area contributed by atoms with Gasteiger partial charge in [-0.05, 0) is 37.1 Å². The van der Waals surface area contributed by atoms with Crippen molar-refractivity contribution in [3.8, 4) is 6.07 Å². The lowest BCUT2D eigenvalue weighted by atomic mass is 10.2. The Bertz CT molecular complexity index is 1300. The van der Waals surface area contributed by atoms with Crippen LogP contribution in [0, 0.1) is 24.2 Å². The highest BCUT2D eigenvalue weighted by atomic mass is 32.2. The van der Waals surface area contributed by atoms with Gasteiger partial charge < -0.3 is 5.32 Å². The zero-order valence-electron chi connectivity index (χ0n) is 17.7. The van der Waals surface area contributed by atoms with Crippen molar-refractivity contribution in [2.45, 2.75) is 32.3 Å². The number of benzene rings is 1. The zero-order valence-corrected chi connectivity index (χ0v) is 18.5. The number of hydrogen-bond donors (Lipinski definition) is 1. The minimum absolute atomic E-state index is 0.0119. The molecule has 2 heterocycles. The summed E-state index contributed by atoms with van der Waals surface area (Å²) in [7, 11) is 1.42. The summed E-state index contributed by atoms with van der Waals surface area (Å²) in [5, 5.41) is 12.2. The summed E-state index contributed by atoms with van der Waals surface area (Å²) in [4.78, 5) is 46.6. The summed E-state index contributed by atoms with van der Waals surface area (Å²) in [5.74, 6) is 0.306. The van der Waals surface area contributed by atoms with Gasteiger partial charge in [0.2, 0.25) is 5.91 Å². The molecule has 1 amide bonds. The number of nitrogens with one attached hydrogen (secondary N) is 1. The largest absolute Gasteiger partial charge is 0.332 e. The number of hydrogen-bond acceptors (Lipinski definition) is 7. The first kappa shape index (κ1) is 22.2. The van der Waals surface area contributed by atoms with E-state index in [1.54, 1.807) is 31.2 Å². The monoisotopic (exact) mass is 438 g/mol. The summed E-state index contributed by atoms with van der Waals surface area (Å²) in [5.41, 5.74) is 0.423. The molecule has 0 bridgehead atoms. The lowest BCUT2D eigenvalue weighted by Gasteiger charge is -2.15. The van der Waals surface area contributed by atoms with E-state index < -0.39 is 11.2 Å². The Kier molecular flexibility index (Phi) is 6.56. The van der Waals surface area contributed by atoms with Crippen LogP contribution in [0.1, 0.15) is 25.2 Å². The first-order valence-electron chi connectivity index (χ1n) is 9.62. The van der Waals surface area contributed by atoms with Gasteiger partial charge >= 0.3 is 5.69 Å². The summed E-state index contributed by atoms with van der Waals surface area (Å²) in [6.45, 7) is 6.03. The highest BCUT2D eigenvalue weighted by Gasteiger charge is 2.19. The van der Waals surface area contributed by atoms with Gasteiger partial charge in [-0.1, -0.05) is 25.6 Å². The van der Waals surface area contributed by atoms with Crippen molar-refractivity contribution in [1.82, 2.24) is 19.1 Å². The minimum Gasteiger partial charge on any atom is -0.325 e. The molecule has 0 saturated heterocycles. The van der Waals surface area contributed by atoms with Crippen LogP contribution in [0.2, 0.25) is 0 Å². The number of carbonyl (C=O) groups is 1. The second-order valence-electron chi connectivity index (χ2n) is 7.45. The second-order valence-corrected chi connectivity index (χ2v) is 8.42. The average molecular weight is 439 g/mol. The molecule has 31 heavy (non-hydrogen) atoms. The van der Waals surface area contributed by atoms with E-state index in [4.69, 9.17) is 5.26 Å². The van der Waals surface area contributed by atoms with E-state index in [-0.39, 0.29) is 28.6 Å². The van der Waals surface area contributed by atoms with Crippen LogP contribution in [0.15, 0.2) is 38.9 Å². The quantitative estimate of drug-likeness (QED) is 0.461. The van der Waals surface area contributed by atoms with Crippen LogP contribution >= 0.6 is 11.8 Å². The van der Waals surface area contributed by atoms with E-state index in [1.165, 1.54) is 11.6 Å². The lowest BCUT2D eigenvalue weighted by molar-refractivity contribution is -0.113. The number of amides is 1. The summed E-state index contributed by atoms with van der Waals surface area (Å²) in [6.07, 6.45) is 0. The second kappa shape index (κ2) is 9.14. The van der Waals surface area contributed by atoms with Crippen LogP contribution in [0.3, 0.4) is 0 Å². The van der Waals surface area contributed by atoms with Gasteiger partial charge in [-0.2, -0.15) is 5.26 Å². The maximum atomic E-state index is 12.8. The van der Waals surface area contributed by atoms with Crippen LogP contribution in [0.5, 0.6) is 0 Å². The molecule has 3 rings (SSSR count). The summed E-state index contributed by atoms with van der Waals surface area (Å²) < 4.78 is 2.53. The summed E-state index contributed by atoms with van der Waals surface area (Å²) >= 11 is 1.11. The molecule has 160 valence electrons. The Morgan fingerprint density at radius 3 is 2.52 bits per heavy atom. The number of nitrogens with zero attached hydrogens (tertiary/aromatic N) is 5. The zero-order chi connectivity index (χ0) is 22.7. The molecule has 2 aromatic heterocycles. The molecular weight excluding hydrogens is 416 g/mol. The maximum absolute atomic E-state index is 12.8. The molecule has 0 saturated carbocycles. The predicted octanol–water partition coefficient (Wildman–Crippen LogP) is 2.06. The minimum atomic E-state index is -0.491. The van der Waals surface area contributed by atoms with E-state index >= 15 is 0 Å². The Balaban J connectivity index is 1.94. The third-order valence-electron chi connectivity index (χ3n) is 4.45. The van der Waals surface area contributed by atoms with Gasteiger partial charge in [-0.3, -0.25) is 18.7 Å². The van der Waals surface area contributed by atoms with Gasteiger partial charge in [0.1, 0.15) is 16.2 Å². The topological polar surface area (TPSA) is 123 Å². The third kappa shape index (κ3) is 4.83. The predicted molar refractivity (Wildman–Crippen MR) is 119 cm³/mol. The van der Waals surface area contributed by atoms with Crippen molar-refractivity contribution < 1.29 is 4.79 Å². The molecule has 0 aliphatic heterocycles. The number of thioether (sulfide) groups is 1. The van der Waals surface area contributed by atoms with Crippen molar-refractivity contribution in [3.63, 3.8) is 0 Å². The van der Waals surface area contributed by atoms with Crippen LogP contribution in [-0.4, -0.2) is 30.8 Å². The van der Waals surface area contributed by atoms with Crippen molar-refractivity contribution in [2.24, 2.45) is 13.0 Å². The highest BCUT2D eigenvalue weighted by molar-refractivity contribution is 8.00. The van der Waals surface area contributed by atoms with E-state index in [1.807, 2.05) is 19.9 Å². The Morgan fingerprint density at radius 2 is 1.90 bits per heavy atom. The summed E-state index contributed by atoms with van der Waals surface area (Å²) in [6, 6.07) is 8.53. The molecule has 0 aliphatic carbocycles. The van der Waals surface area contributed by atoms with Crippen molar-refractivity contribution >= 4 is 34.4 Å².